The molecule has 5 nitrogen and oxygen atoms in total. The van der Waals surface area contributed by atoms with Gasteiger partial charge >= 0.3 is 0 Å². The van der Waals surface area contributed by atoms with Crippen molar-refractivity contribution in [3.63, 3.8) is 0 Å². The molecule has 1 aliphatic heterocycles. The van der Waals surface area contributed by atoms with Crippen LogP contribution in [0.5, 0.6) is 0 Å². The Labute approximate surface area is 142 Å². The molecule has 0 aliphatic carbocycles. The summed E-state index contributed by atoms with van der Waals surface area (Å²) in [5, 5.41) is 2.72. The number of carbonyl (C=O) groups excluding carboxylic acids is 1. The van der Waals surface area contributed by atoms with Gasteiger partial charge in [-0.2, -0.15) is 0 Å². The van der Waals surface area contributed by atoms with Gasteiger partial charge in [-0.25, -0.2) is 14.4 Å². The molecule has 0 radical (unpaired) electrons. The van der Waals surface area contributed by atoms with Gasteiger partial charge in [0.05, 0.1) is 16.0 Å². The van der Waals surface area contributed by atoms with Gasteiger partial charge in [-0.15, -0.1) is 11.3 Å². The second-order valence-corrected chi connectivity index (χ2v) is 7.16. The number of fused-ring (bicyclic) bond motifs is 1. The highest BCUT2D eigenvalue weighted by Gasteiger charge is 2.27. The van der Waals surface area contributed by atoms with E-state index in [4.69, 9.17) is 0 Å². The van der Waals surface area contributed by atoms with Crippen LogP contribution in [0.15, 0.2) is 23.6 Å². The summed E-state index contributed by atoms with van der Waals surface area (Å²) in [4.78, 5) is 26.4. The number of carbonyl (C=O) groups is 1. The van der Waals surface area contributed by atoms with Gasteiger partial charge in [0.1, 0.15) is 17.3 Å². The van der Waals surface area contributed by atoms with E-state index in [9.17, 15) is 9.18 Å². The Balaban J connectivity index is 1.46. The van der Waals surface area contributed by atoms with Crippen molar-refractivity contribution < 1.29 is 9.18 Å². The number of likely N-dealkylation sites (tertiary alicyclic amines) is 1. The second kappa shape index (κ2) is 5.98. The highest BCUT2D eigenvalue weighted by atomic mass is 32.1. The van der Waals surface area contributed by atoms with Crippen molar-refractivity contribution in [2.24, 2.45) is 0 Å². The Morgan fingerprint density at radius 2 is 2.12 bits per heavy atom. The standard InChI is InChI=1S/C17H17FN4OS/c1-10-19-15(9-24-10)17(23)22-6-4-11(5-7-22)16-20-13-3-2-12(18)8-14(13)21-16/h2-3,8-9,11H,4-7H2,1H3,(H,20,21). The van der Waals surface area contributed by atoms with Gasteiger partial charge in [0, 0.05) is 24.4 Å². The van der Waals surface area contributed by atoms with Crippen LogP contribution in [0.3, 0.4) is 0 Å². The van der Waals surface area contributed by atoms with Gasteiger partial charge in [0.25, 0.3) is 5.91 Å². The predicted molar refractivity (Wildman–Crippen MR) is 90.8 cm³/mol. The van der Waals surface area contributed by atoms with Gasteiger partial charge in [-0.3, -0.25) is 4.79 Å². The normalized spacial score (nSPS) is 16.0. The number of amides is 1. The van der Waals surface area contributed by atoms with E-state index in [0.717, 1.165) is 34.7 Å². The van der Waals surface area contributed by atoms with E-state index >= 15 is 0 Å². The number of imidazole rings is 1. The lowest BCUT2D eigenvalue weighted by atomic mass is 9.96. The fourth-order valence-corrected chi connectivity index (χ4v) is 3.76. The van der Waals surface area contributed by atoms with E-state index in [1.807, 2.05) is 17.2 Å². The minimum absolute atomic E-state index is 0.00415. The lowest BCUT2D eigenvalue weighted by Gasteiger charge is -2.30. The van der Waals surface area contributed by atoms with Gasteiger partial charge in [0.2, 0.25) is 0 Å². The van der Waals surface area contributed by atoms with Crippen LogP contribution in [0.2, 0.25) is 0 Å². The number of H-pyrrole nitrogens is 1. The van der Waals surface area contributed by atoms with E-state index < -0.39 is 0 Å². The molecule has 3 heterocycles. The first-order valence-corrected chi connectivity index (χ1v) is 8.84. The topological polar surface area (TPSA) is 61.9 Å². The van der Waals surface area contributed by atoms with Crippen LogP contribution in [0.1, 0.15) is 40.1 Å². The van der Waals surface area contributed by atoms with Crippen LogP contribution in [0.4, 0.5) is 4.39 Å². The summed E-state index contributed by atoms with van der Waals surface area (Å²) in [7, 11) is 0. The maximum Gasteiger partial charge on any atom is 0.273 e. The summed E-state index contributed by atoms with van der Waals surface area (Å²) >= 11 is 1.49. The molecule has 24 heavy (non-hydrogen) atoms. The third kappa shape index (κ3) is 2.80. The Hall–Kier alpha value is -2.28. The SMILES string of the molecule is Cc1nc(C(=O)N2CCC(c3nc4ccc(F)cc4[nH]3)CC2)cs1. The molecule has 4 rings (SSSR count). The molecule has 0 unspecified atom stereocenters. The number of benzene rings is 1. The Morgan fingerprint density at radius 3 is 2.83 bits per heavy atom. The summed E-state index contributed by atoms with van der Waals surface area (Å²) in [6, 6.07) is 4.58. The fourth-order valence-electron chi connectivity index (χ4n) is 3.17. The van der Waals surface area contributed by atoms with Crippen molar-refractivity contribution in [2.75, 3.05) is 13.1 Å². The van der Waals surface area contributed by atoms with Gasteiger partial charge in [-0.05, 0) is 38.0 Å². The molecule has 1 aliphatic rings. The van der Waals surface area contributed by atoms with Crippen LogP contribution in [0.25, 0.3) is 11.0 Å². The zero-order chi connectivity index (χ0) is 16.7. The minimum Gasteiger partial charge on any atom is -0.342 e. The molecular weight excluding hydrogens is 327 g/mol. The zero-order valence-corrected chi connectivity index (χ0v) is 14.1. The molecule has 1 aromatic carbocycles. The number of rotatable bonds is 2. The zero-order valence-electron chi connectivity index (χ0n) is 13.3. The number of nitrogens with one attached hydrogen (secondary N) is 1. The molecule has 1 saturated heterocycles. The first kappa shape index (κ1) is 15.3. The Bertz CT molecular complexity index is 895. The largest absolute Gasteiger partial charge is 0.342 e. The molecule has 1 amide bonds. The van der Waals surface area contributed by atoms with Crippen molar-refractivity contribution in [3.8, 4) is 0 Å². The van der Waals surface area contributed by atoms with Crippen LogP contribution < -0.4 is 0 Å². The molecule has 124 valence electrons. The monoisotopic (exact) mass is 344 g/mol. The third-order valence-corrected chi connectivity index (χ3v) is 5.24. The van der Waals surface area contributed by atoms with E-state index in [-0.39, 0.29) is 17.6 Å². The molecule has 1 fully saturated rings. The van der Waals surface area contributed by atoms with Crippen molar-refractivity contribution in [1.29, 1.82) is 0 Å². The maximum atomic E-state index is 13.3. The van der Waals surface area contributed by atoms with Crippen molar-refractivity contribution in [3.05, 3.63) is 45.9 Å². The molecule has 0 atom stereocenters. The van der Waals surface area contributed by atoms with E-state index in [2.05, 4.69) is 15.0 Å². The predicted octanol–water partition coefficient (Wildman–Crippen LogP) is 3.49. The van der Waals surface area contributed by atoms with Crippen LogP contribution in [-0.4, -0.2) is 38.8 Å². The summed E-state index contributed by atoms with van der Waals surface area (Å²) < 4.78 is 13.3. The van der Waals surface area contributed by atoms with Crippen molar-refractivity contribution in [1.82, 2.24) is 19.9 Å². The number of nitrogens with zero attached hydrogens (tertiary/aromatic N) is 3. The average molecular weight is 344 g/mol. The number of aryl methyl sites for hydroxylation is 1. The maximum absolute atomic E-state index is 13.3. The van der Waals surface area contributed by atoms with Gasteiger partial charge < -0.3 is 9.88 Å². The van der Waals surface area contributed by atoms with Crippen molar-refractivity contribution >= 4 is 28.3 Å². The fraction of sp³-hybridized carbons (Fsp3) is 0.353. The molecule has 1 N–H and O–H groups in total. The number of halogens is 1. The first-order valence-electron chi connectivity index (χ1n) is 7.97. The number of thiazole rings is 1. The minimum atomic E-state index is -0.267. The smallest absolute Gasteiger partial charge is 0.273 e. The van der Waals surface area contributed by atoms with Gasteiger partial charge in [0.15, 0.2) is 0 Å². The molecular formula is C17H17FN4OS. The average Bonchev–Trinajstić information content (AvgIpc) is 3.20. The summed E-state index contributed by atoms with van der Waals surface area (Å²) in [5.74, 6) is 0.884. The van der Waals surface area contributed by atoms with Crippen molar-refractivity contribution in [2.45, 2.75) is 25.7 Å². The van der Waals surface area contributed by atoms with Crippen LogP contribution >= 0.6 is 11.3 Å². The molecule has 0 saturated carbocycles. The van der Waals surface area contributed by atoms with E-state index in [1.165, 1.54) is 23.5 Å². The molecule has 0 bridgehead atoms. The molecule has 7 heteroatoms. The highest BCUT2D eigenvalue weighted by Crippen LogP contribution is 2.28. The number of aromatic amines is 1. The summed E-state index contributed by atoms with van der Waals surface area (Å²) in [6.07, 6.45) is 1.69. The quantitative estimate of drug-likeness (QED) is 0.774. The third-order valence-electron chi connectivity index (χ3n) is 4.47. The molecule has 0 spiro atoms. The number of aromatic nitrogens is 3. The lowest BCUT2D eigenvalue weighted by Crippen LogP contribution is -2.38. The van der Waals surface area contributed by atoms with Crippen LogP contribution in [-0.2, 0) is 0 Å². The molecule has 2 aromatic heterocycles. The number of piperidine rings is 1. The second-order valence-electron chi connectivity index (χ2n) is 6.10. The lowest BCUT2D eigenvalue weighted by molar-refractivity contribution is 0.0706. The summed E-state index contributed by atoms with van der Waals surface area (Å²) in [6.45, 7) is 3.27. The number of hydrogen-bond acceptors (Lipinski definition) is 4. The van der Waals surface area contributed by atoms with Gasteiger partial charge in [-0.1, -0.05) is 0 Å². The number of hydrogen-bond donors (Lipinski definition) is 1. The van der Waals surface area contributed by atoms with E-state index in [1.54, 1.807) is 6.07 Å². The Morgan fingerprint density at radius 1 is 1.33 bits per heavy atom. The Kier molecular flexibility index (Phi) is 3.80. The van der Waals surface area contributed by atoms with E-state index in [0.29, 0.717) is 18.8 Å². The molecule has 3 aromatic rings. The van der Waals surface area contributed by atoms with Crippen LogP contribution in [0, 0.1) is 12.7 Å². The first-order chi connectivity index (χ1) is 11.6. The summed E-state index contributed by atoms with van der Waals surface area (Å²) in [5.41, 5.74) is 2.04. The highest BCUT2D eigenvalue weighted by molar-refractivity contribution is 7.09.